The van der Waals surface area contributed by atoms with E-state index in [0.717, 1.165) is 57.9 Å². The van der Waals surface area contributed by atoms with E-state index in [0.29, 0.717) is 12.1 Å². The van der Waals surface area contributed by atoms with Crippen molar-refractivity contribution in [2.45, 2.75) is 52.3 Å². The molecule has 5 heteroatoms. The van der Waals surface area contributed by atoms with Crippen LogP contribution in [0, 0.1) is 0 Å². The molecule has 120 valence electrons. The summed E-state index contributed by atoms with van der Waals surface area (Å²) in [6, 6.07) is 2.64. The summed E-state index contributed by atoms with van der Waals surface area (Å²) in [4.78, 5) is 2.44. The van der Waals surface area contributed by atoms with Gasteiger partial charge >= 0.3 is 0 Å². The van der Waals surface area contributed by atoms with Crippen LogP contribution in [0.5, 0.6) is 0 Å². The van der Waals surface area contributed by atoms with Crippen molar-refractivity contribution in [3.63, 3.8) is 0 Å². The fourth-order valence-electron chi connectivity index (χ4n) is 2.89. The van der Waals surface area contributed by atoms with E-state index >= 15 is 0 Å². The fourth-order valence-corrected chi connectivity index (χ4v) is 2.89. The number of nitrogens with one attached hydrogen (secondary N) is 1. The summed E-state index contributed by atoms with van der Waals surface area (Å²) in [7, 11) is 0. The van der Waals surface area contributed by atoms with Crippen LogP contribution in [0.25, 0.3) is 0 Å². The van der Waals surface area contributed by atoms with Gasteiger partial charge in [-0.15, -0.1) is 0 Å². The number of rotatable bonds is 8. The summed E-state index contributed by atoms with van der Waals surface area (Å²) in [5.74, 6) is 0. The molecule has 0 aromatic carbocycles. The van der Waals surface area contributed by atoms with Gasteiger partial charge in [0.1, 0.15) is 0 Å². The van der Waals surface area contributed by atoms with Crippen LogP contribution in [0.1, 0.15) is 45.3 Å². The van der Waals surface area contributed by atoms with Gasteiger partial charge in [-0.1, -0.05) is 20.8 Å². The lowest BCUT2D eigenvalue weighted by Gasteiger charge is -2.32. The Balaban J connectivity index is 1.73. The number of hydrogen-bond acceptors (Lipinski definition) is 4. The number of ether oxygens (including phenoxy) is 1. The molecular weight excluding hydrogens is 264 g/mol. The predicted molar refractivity (Wildman–Crippen MR) is 85.4 cm³/mol. The molecule has 0 radical (unpaired) electrons. The van der Waals surface area contributed by atoms with E-state index in [-0.39, 0.29) is 0 Å². The normalized spacial score (nSPS) is 20.3. The monoisotopic (exact) mass is 294 g/mol. The Bertz CT molecular complexity index is 403. The second-order valence-corrected chi connectivity index (χ2v) is 5.77. The van der Waals surface area contributed by atoms with Gasteiger partial charge in [0.25, 0.3) is 0 Å². The van der Waals surface area contributed by atoms with E-state index in [1.807, 2.05) is 0 Å². The van der Waals surface area contributed by atoms with Crippen molar-refractivity contribution >= 4 is 0 Å². The maximum Gasteiger partial charge on any atom is 0.0826 e. The summed E-state index contributed by atoms with van der Waals surface area (Å²) in [5.41, 5.74) is 1.12. The lowest BCUT2D eigenvalue weighted by atomic mass is 10.2. The van der Waals surface area contributed by atoms with Crippen LogP contribution in [0.4, 0.5) is 0 Å². The van der Waals surface area contributed by atoms with Crippen molar-refractivity contribution < 1.29 is 4.74 Å². The van der Waals surface area contributed by atoms with Crippen molar-refractivity contribution in [1.29, 1.82) is 0 Å². The van der Waals surface area contributed by atoms with E-state index in [9.17, 15) is 0 Å². The van der Waals surface area contributed by atoms with Gasteiger partial charge < -0.3 is 10.1 Å². The van der Waals surface area contributed by atoms with Gasteiger partial charge in [0.15, 0.2) is 0 Å². The Morgan fingerprint density at radius 3 is 2.90 bits per heavy atom. The van der Waals surface area contributed by atoms with Crippen LogP contribution in [-0.4, -0.2) is 53.6 Å². The van der Waals surface area contributed by atoms with Crippen LogP contribution in [-0.2, 0) is 11.3 Å². The molecule has 1 saturated heterocycles. The molecule has 1 unspecified atom stereocenters. The molecule has 1 aromatic rings. The smallest absolute Gasteiger partial charge is 0.0826 e. The molecule has 5 nitrogen and oxygen atoms in total. The first kappa shape index (κ1) is 16.5. The lowest BCUT2D eigenvalue weighted by molar-refractivity contribution is -0.0254. The summed E-state index contributed by atoms with van der Waals surface area (Å²) in [6.07, 6.45) is 4.67. The minimum absolute atomic E-state index is 0.305. The number of hydrogen-bond donors (Lipinski definition) is 1. The zero-order chi connectivity index (χ0) is 15.1. The van der Waals surface area contributed by atoms with Gasteiger partial charge in [0, 0.05) is 32.4 Å². The molecule has 1 fully saturated rings. The number of nitrogens with zero attached hydrogens (tertiary/aromatic N) is 3. The molecule has 2 rings (SSSR count). The van der Waals surface area contributed by atoms with Gasteiger partial charge in [-0.05, 0) is 25.5 Å². The van der Waals surface area contributed by atoms with Gasteiger partial charge in [-0.25, -0.2) is 0 Å². The molecule has 1 aromatic heterocycles. The largest absolute Gasteiger partial charge is 0.374 e. The first-order valence-electron chi connectivity index (χ1n) is 8.35. The first-order valence-corrected chi connectivity index (χ1v) is 8.35. The minimum Gasteiger partial charge on any atom is -0.374 e. The second-order valence-electron chi connectivity index (χ2n) is 5.77. The van der Waals surface area contributed by atoms with E-state index < -0.39 is 0 Å². The lowest BCUT2D eigenvalue weighted by Crippen LogP contribution is -2.46. The van der Waals surface area contributed by atoms with Crippen LogP contribution in [0.3, 0.4) is 0 Å². The molecule has 1 aliphatic heterocycles. The van der Waals surface area contributed by atoms with Crippen molar-refractivity contribution in [2.75, 3.05) is 32.8 Å². The van der Waals surface area contributed by atoms with Crippen molar-refractivity contribution in [1.82, 2.24) is 20.0 Å². The topological polar surface area (TPSA) is 42.3 Å². The number of morpholine rings is 1. The molecule has 0 bridgehead atoms. The molecule has 0 saturated carbocycles. The number of likely N-dealkylation sites (N-methyl/N-ethyl adjacent to an activating group) is 1. The Morgan fingerprint density at radius 1 is 1.38 bits per heavy atom. The Hall–Kier alpha value is -0.910. The van der Waals surface area contributed by atoms with Crippen LogP contribution >= 0.6 is 0 Å². The highest BCUT2D eigenvalue weighted by Crippen LogP contribution is 2.14. The Labute approximate surface area is 128 Å². The van der Waals surface area contributed by atoms with Gasteiger partial charge in [0.05, 0.1) is 24.4 Å². The summed E-state index contributed by atoms with van der Waals surface area (Å²) in [5, 5.41) is 8.15. The summed E-state index contributed by atoms with van der Waals surface area (Å²) < 4.78 is 7.90. The van der Waals surface area contributed by atoms with Crippen molar-refractivity contribution in [2.24, 2.45) is 0 Å². The van der Waals surface area contributed by atoms with Crippen LogP contribution in [0.15, 0.2) is 12.3 Å². The SMILES string of the molecule is CCC(CC)n1ccc(CNCC2CN(CC)CCO2)n1. The molecule has 0 aliphatic carbocycles. The molecule has 2 heterocycles. The molecule has 21 heavy (non-hydrogen) atoms. The zero-order valence-electron chi connectivity index (χ0n) is 13.7. The summed E-state index contributed by atoms with van der Waals surface area (Å²) in [6.45, 7) is 12.4. The van der Waals surface area contributed by atoms with E-state index in [1.165, 1.54) is 0 Å². The molecule has 1 aliphatic rings. The maximum atomic E-state index is 5.80. The fraction of sp³-hybridized carbons (Fsp3) is 0.812. The average Bonchev–Trinajstić information content (AvgIpc) is 2.97. The Morgan fingerprint density at radius 2 is 2.19 bits per heavy atom. The van der Waals surface area contributed by atoms with Crippen molar-refractivity contribution in [3.05, 3.63) is 18.0 Å². The van der Waals surface area contributed by atoms with Gasteiger partial charge in [0.2, 0.25) is 0 Å². The quantitative estimate of drug-likeness (QED) is 0.797. The Kier molecular flexibility index (Phi) is 6.67. The highest BCUT2D eigenvalue weighted by atomic mass is 16.5. The second kappa shape index (κ2) is 8.51. The standard InChI is InChI=1S/C16H30N4O/c1-4-15(5-2)20-8-7-14(18-20)11-17-12-16-13-19(6-3)9-10-21-16/h7-8,15-17H,4-6,9-13H2,1-3H3. The first-order chi connectivity index (χ1) is 10.3. The van der Waals surface area contributed by atoms with E-state index in [4.69, 9.17) is 4.74 Å². The average molecular weight is 294 g/mol. The molecular formula is C16H30N4O. The van der Waals surface area contributed by atoms with Crippen molar-refractivity contribution in [3.8, 4) is 0 Å². The molecule has 0 amide bonds. The molecule has 0 spiro atoms. The molecule has 1 atom stereocenters. The third-order valence-corrected chi connectivity index (χ3v) is 4.33. The summed E-state index contributed by atoms with van der Waals surface area (Å²) >= 11 is 0. The highest BCUT2D eigenvalue weighted by Gasteiger charge is 2.18. The highest BCUT2D eigenvalue weighted by molar-refractivity contribution is 4.99. The van der Waals surface area contributed by atoms with Gasteiger partial charge in [-0.3, -0.25) is 9.58 Å². The van der Waals surface area contributed by atoms with Crippen LogP contribution < -0.4 is 5.32 Å². The predicted octanol–water partition coefficient (Wildman–Crippen LogP) is 2.05. The van der Waals surface area contributed by atoms with Gasteiger partial charge in [-0.2, -0.15) is 5.10 Å². The number of aromatic nitrogens is 2. The molecule has 1 N–H and O–H groups in total. The van der Waals surface area contributed by atoms with E-state index in [2.05, 4.69) is 53.0 Å². The maximum absolute atomic E-state index is 5.80. The zero-order valence-corrected chi connectivity index (χ0v) is 13.7. The third kappa shape index (κ3) is 4.80. The third-order valence-electron chi connectivity index (χ3n) is 4.33. The van der Waals surface area contributed by atoms with Crippen LogP contribution in [0.2, 0.25) is 0 Å². The van der Waals surface area contributed by atoms with E-state index in [1.54, 1.807) is 0 Å². The minimum atomic E-state index is 0.305.